The van der Waals surface area contributed by atoms with E-state index >= 15 is 0 Å². The summed E-state index contributed by atoms with van der Waals surface area (Å²) in [6, 6.07) is 8.16. The number of hydrogen-bond donors (Lipinski definition) is 1. The van der Waals surface area contributed by atoms with E-state index in [2.05, 4.69) is 42.5 Å². The highest BCUT2D eigenvalue weighted by Crippen LogP contribution is 2.19. The fourth-order valence-electron chi connectivity index (χ4n) is 2.71. The smallest absolute Gasteiger partial charge is 0.260 e. The lowest BCUT2D eigenvalue weighted by atomic mass is 9.97. The van der Waals surface area contributed by atoms with Gasteiger partial charge in [0, 0.05) is 6.54 Å². The van der Waals surface area contributed by atoms with Crippen LogP contribution in [0.15, 0.2) is 41.1 Å². The summed E-state index contributed by atoms with van der Waals surface area (Å²) in [6.45, 7) is 4.96. The van der Waals surface area contributed by atoms with Crippen LogP contribution in [0.1, 0.15) is 63.0 Å². The maximum atomic E-state index is 11.7. The molecule has 0 saturated carbocycles. The second-order valence-electron chi connectivity index (χ2n) is 6.54. The molecule has 4 heteroatoms. The highest BCUT2D eigenvalue weighted by atomic mass is 16.6. The standard InChI is InChI=1S/C20H28N2O2/c1-16(2)19-10-8-18(9-11-19)14-22-24-15-20(23)21-13-12-17-6-4-3-5-7-17/h6,8-11,14,16H,3-5,7,12-13,15H2,1-2H3,(H,21,23)/b22-14-. The Bertz CT molecular complexity index is 574. The van der Waals surface area contributed by atoms with Crippen LogP contribution < -0.4 is 5.32 Å². The van der Waals surface area contributed by atoms with Gasteiger partial charge < -0.3 is 10.2 Å². The third-order valence-corrected chi connectivity index (χ3v) is 4.23. The molecule has 1 amide bonds. The topological polar surface area (TPSA) is 50.7 Å². The van der Waals surface area contributed by atoms with Crippen molar-refractivity contribution >= 4 is 12.1 Å². The van der Waals surface area contributed by atoms with Crippen molar-refractivity contribution in [3.63, 3.8) is 0 Å². The summed E-state index contributed by atoms with van der Waals surface area (Å²) in [5.74, 6) is 0.388. The van der Waals surface area contributed by atoms with E-state index in [4.69, 9.17) is 4.84 Å². The molecule has 0 spiro atoms. The van der Waals surface area contributed by atoms with Gasteiger partial charge in [-0.3, -0.25) is 4.79 Å². The molecule has 0 atom stereocenters. The van der Waals surface area contributed by atoms with Crippen LogP contribution in [0.3, 0.4) is 0 Å². The van der Waals surface area contributed by atoms with E-state index in [9.17, 15) is 4.79 Å². The monoisotopic (exact) mass is 328 g/mol. The number of allylic oxidation sites excluding steroid dienone is 1. The molecule has 1 N–H and O–H groups in total. The molecule has 0 aliphatic heterocycles. The number of oxime groups is 1. The van der Waals surface area contributed by atoms with Crippen molar-refractivity contribution in [2.24, 2.45) is 5.16 Å². The van der Waals surface area contributed by atoms with Crippen molar-refractivity contribution in [1.29, 1.82) is 0 Å². The predicted molar refractivity (Wildman–Crippen MR) is 98.3 cm³/mol. The van der Waals surface area contributed by atoms with Gasteiger partial charge >= 0.3 is 0 Å². The summed E-state index contributed by atoms with van der Waals surface area (Å²) >= 11 is 0. The van der Waals surface area contributed by atoms with E-state index in [0.29, 0.717) is 12.5 Å². The molecule has 1 aliphatic carbocycles. The largest absolute Gasteiger partial charge is 0.386 e. The van der Waals surface area contributed by atoms with Gasteiger partial charge in [-0.05, 0) is 49.1 Å². The van der Waals surface area contributed by atoms with E-state index in [0.717, 1.165) is 12.0 Å². The number of amides is 1. The van der Waals surface area contributed by atoms with Crippen molar-refractivity contribution in [1.82, 2.24) is 5.32 Å². The lowest BCUT2D eigenvalue weighted by Gasteiger charge is -2.12. The predicted octanol–water partition coefficient (Wildman–Crippen LogP) is 4.17. The first-order valence-corrected chi connectivity index (χ1v) is 8.85. The van der Waals surface area contributed by atoms with Crippen LogP contribution in [0.2, 0.25) is 0 Å². The van der Waals surface area contributed by atoms with Crippen LogP contribution >= 0.6 is 0 Å². The van der Waals surface area contributed by atoms with Gasteiger partial charge in [0.1, 0.15) is 0 Å². The Morgan fingerprint density at radius 1 is 1.29 bits per heavy atom. The summed E-state index contributed by atoms with van der Waals surface area (Å²) in [5, 5.41) is 6.73. The lowest BCUT2D eigenvalue weighted by Crippen LogP contribution is -2.28. The van der Waals surface area contributed by atoms with E-state index in [1.54, 1.807) is 6.21 Å². The summed E-state index contributed by atoms with van der Waals surface area (Å²) in [5.41, 5.74) is 3.72. The van der Waals surface area contributed by atoms with Gasteiger partial charge in [0.2, 0.25) is 0 Å². The molecular weight excluding hydrogens is 300 g/mol. The van der Waals surface area contributed by atoms with Gasteiger partial charge in [0.05, 0.1) is 6.21 Å². The molecule has 4 nitrogen and oxygen atoms in total. The van der Waals surface area contributed by atoms with Crippen LogP contribution in [0.4, 0.5) is 0 Å². The number of nitrogens with one attached hydrogen (secondary N) is 1. The van der Waals surface area contributed by atoms with Crippen LogP contribution in [0.25, 0.3) is 0 Å². The molecule has 0 heterocycles. The Labute approximate surface area is 145 Å². The second-order valence-corrected chi connectivity index (χ2v) is 6.54. The van der Waals surface area contributed by atoms with Gasteiger partial charge in [-0.2, -0.15) is 0 Å². The molecule has 0 aromatic heterocycles. The summed E-state index contributed by atoms with van der Waals surface area (Å²) in [7, 11) is 0. The first-order valence-electron chi connectivity index (χ1n) is 8.85. The number of carbonyl (C=O) groups excluding carboxylic acids is 1. The molecule has 1 aromatic rings. The summed E-state index contributed by atoms with van der Waals surface area (Å²) in [4.78, 5) is 16.7. The first kappa shape index (κ1) is 18.2. The minimum atomic E-state index is -0.126. The van der Waals surface area contributed by atoms with E-state index in [-0.39, 0.29) is 12.5 Å². The zero-order valence-corrected chi connectivity index (χ0v) is 14.8. The number of benzene rings is 1. The van der Waals surface area contributed by atoms with Crippen molar-refractivity contribution in [2.45, 2.75) is 51.9 Å². The quantitative estimate of drug-likeness (QED) is 0.442. The fourth-order valence-corrected chi connectivity index (χ4v) is 2.71. The van der Waals surface area contributed by atoms with Crippen molar-refractivity contribution in [3.8, 4) is 0 Å². The number of hydrogen-bond acceptors (Lipinski definition) is 3. The maximum Gasteiger partial charge on any atom is 0.260 e. The number of carbonyl (C=O) groups is 1. The van der Waals surface area contributed by atoms with Crippen LogP contribution in [0, 0.1) is 0 Å². The molecule has 130 valence electrons. The third-order valence-electron chi connectivity index (χ3n) is 4.23. The van der Waals surface area contributed by atoms with Crippen LogP contribution in [0.5, 0.6) is 0 Å². The van der Waals surface area contributed by atoms with Crippen LogP contribution in [-0.2, 0) is 9.63 Å². The molecule has 0 unspecified atom stereocenters. The second kappa shape index (κ2) is 9.91. The van der Waals surface area contributed by atoms with Crippen molar-refractivity contribution < 1.29 is 9.63 Å². The minimum absolute atomic E-state index is 0.0420. The molecule has 0 bridgehead atoms. The van der Waals surface area contributed by atoms with Crippen LogP contribution in [-0.4, -0.2) is 25.3 Å². The zero-order chi connectivity index (χ0) is 17.2. The molecule has 0 saturated heterocycles. The fraction of sp³-hybridized carbons (Fsp3) is 0.500. The van der Waals surface area contributed by atoms with E-state index < -0.39 is 0 Å². The number of rotatable bonds is 8. The molecular formula is C20H28N2O2. The Morgan fingerprint density at radius 2 is 2.08 bits per heavy atom. The Morgan fingerprint density at radius 3 is 2.75 bits per heavy atom. The molecule has 0 radical (unpaired) electrons. The summed E-state index contributed by atoms with van der Waals surface area (Å²) < 4.78 is 0. The Balaban J connectivity index is 1.62. The number of nitrogens with zero attached hydrogens (tertiary/aromatic N) is 1. The SMILES string of the molecule is CC(C)c1ccc(/C=N\OCC(=O)NCCC2=CCCCC2)cc1. The average molecular weight is 328 g/mol. The zero-order valence-electron chi connectivity index (χ0n) is 14.8. The van der Waals surface area contributed by atoms with Gasteiger partial charge in [-0.15, -0.1) is 0 Å². The highest BCUT2D eigenvalue weighted by molar-refractivity contribution is 5.79. The molecule has 1 aromatic carbocycles. The normalized spacial score (nSPS) is 14.7. The highest BCUT2D eigenvalue weighted by Gasteiger charge is 2.05. The molecule has 2 rings (SSSR count). The van der Waals surface area contributed by atoms with Gasteiger partial charge in [0.15, 0.2) is 6.61 Å². The maximum absolute atomic E-state index is 11.7. The van der Waals surface area contributed by atoms with Crippen molar-refractivity contribution in [2.75, 3.05) is 13.2 Å². The minimum Gasteiger partial charge on any atom is -0.386 e. The Kier molecular flexibility index (Phi) is 7.53. The third kappa shape index (κ3) is 6.57. The lowest BCUT2D eigenvalue weighted by molar-refractivity contribution is -0.125. The van der Waals surface area contributed by atoms with Crippen molar-refractivity contribution in [3.05, 3.63) is 47.0 Å². The molecule has 1 aliphatic rings. The average Bonchev–Trinajstić information content (AvgIpc) is 2.60. The van der Waals surface area contributed by atoms with Gasteiger partial charge in [-0.1, -0.05) is 54.9 Å². The molecule has 24 heavy (non-hydrogen) atoms. The summed E-state index contributed by atoms with van der Waals surface area (Å²) in [6.07, 6.45) is 9.80. The van der Waals surface area contributed by atoms with E-state index in [1.807, 2.05) is 12.1 Å². The van der Waals surface area contributed by atoms with Gasteiger partial charge in [0.25, 0.3) is 5.91 Å². The first-order chi connectivity index (χ1) is 11.6. The van der Waals surface area contributed by atoms with Gasteiger partial charge in [-0.25, -0.2) is 0 Å². The van der Waals surface area contributed by atoms with E-state index in [1.165, 1.54) is 36.8 Å². The Hall–Kier alpha value is -2.10. The molecule has 0 fully saturated rings.